The van der Waals surface area contributed by atoms with E-state index in [-0.39, 0.29) is 0 Å². The smallest absolute Gasteiger partial charge is 0.313 e. The third-order valence-electron chi connectivity index (χ3n) is 3.73. The fourth-order valence-electron chi connectivity index (χ4n) is 2.53. The Morgan fingerprint density at radius 1 is 1.00 bits per heavy atom. The van der Waals surface area contributed by atoms with Gasteiger partial charge in [-0.15, -0.1) is 0 Å². The summed E-state index contributed by atoms with van der Waals surface area (Å²) in [4.78, 5) is 24.0. The Kier molecular flexibility index (Phi) is 5.88. The van der Waals surface area contributed by atoms with Crippen LogP contribution in [0.15, 0.2) is 42.5 Å². The predicted octanol–water partition coefficient (Wildman–Crippen LogP) is 2.62. The normalized spacial score (nSPS) is 13.0. The first-order chi connectivity index (χ1) is 11.8. The minimum atomic E-state index is -1.06. The van der Waals surface area contributed by atoms with Crippen LogP contribution in [0.4, 0.5) is 10.1 Å². The van der Waals surface area contributed by atoms with E-state index < -0.39 is 29.8 Å². The van der Waals surface area contributed by atoms with E-state index in [1.807, 2.05) is 19.9 Å². The molecule has 2 aromatic carbocycles. The van der Waals surface area contributed by atoms with Crippen LogP contribution in [0.2, 0.25) is 0 Å². The minimum absolute atomic E-state index is 0.416. The molecule has 0 aromatic heterocycles. The zero-order valence-electron chi connectivity index (χ0n) is 14.3. The number of aryl methyl sites for hydroxylation is 2. The largest absolute Gasteiger partial charge is 0.386 e. The van der Waals surface area contributed by atoms with Crippen LogP contribution in [0.5, 0.6) is 0 Å². The van der Waals surface area contributed by atoms with Crippen molar-refractivity contribution < 1.29 is 19.1 Å². The van der Waals surface area contributed by atoms with Gasteiger partial charge in [0, 0.05) is 5.69 Å². The molecule has 25 heavy (non-hydrogen) atoms. The number of rotatable bonds is 4. The molecule has 2 atom stereocenters. The molecule has 3 N–H and O–H groups in total. The molecule has 0 aliphatic heterocycles. The van der Waals surface area contributed by atoms with Crippen molar-refractivity contribution in [1.29, 1.82) is 0 Å². The molecule has 5 nitrogen and oxygen atoms in total. The van der Waals surface area contributed by atoms with Gasteiger partial charge in [0.2, 0.25) is 0 Å². The predicted molar refractivity (Wildman–Crippen MR) is 93.5 cm³/mol. The summed E-state index contributed by atoms with van der Waals surface area (Å²) in [5, 5.41) is 15.2. The fraction of sp³-hybridized carbons (Fsp3) is 0.263. The number of aliphatic hydroxyl groups is 1. The van der Waals surface area contributed by atoms with Gasteiger partial charge in [-0.05, 0) is 61.7 Å². The summed E-state index contributed by atoms with van der Waals surface area (Å²) in [5.74, 6) is -2.09. The third kappa shape index (κ3) is 5.12. The number of benzene rings is 2. The molecule has 0 heterocycles. The van der Waals surface area contributed by atoms with Gasteiger partial charge in [-0.3, -0.25) is 9.59 Å². The maximum Gasteiger partial charge on any atom is 0.313 e. The van der Waals surface area contributed by atoms with Gasteiger partial charge in [0.05, 0.1) is 12.1 Å². The molecule has 2 aromatic rings. The second-order valence-corrected chi connectivity index (χ2v) is 6.09. The SMILES string of the molecule is Cc1cc(C)cc(NC(=O)C(=O)NC(C)C(O)c2ccc(F)cc2)c1. The number of halogens is 1. The lowest BCUT2D eigenvalue weighted by Crippen LogP contribution is -2.43. The zero-order chi connectivity index (χ0) is 18.6. The zero-order valence-corrected chi connectivity index (χ0v) is 14.3. The van der Waals surface area contributed by atoms with Crippen molar-refractivity contribution in [2.75, 3.05) is 5.32 Å². The first-order valence-electron chi connectivity index (χ1n) is 7.90. The van der Waals surface area contributed by atoms with E-state index in [0.29, 0.717) is 11.3 Å². The van der Waals surface area contributed by atoms with Gasteiger partial charge in [0.1, 0.15) is 5.82 Å². The molecule has 0 radical (unpaired) electrons. The van der Waals surface area contributed by atoms with Crippen LogP contribution in [0, 0.1) is 19.7 Å². The van der Waals surface area contributed by atoms with E-state index in [4.69, 9.17) is 0 Å². The fourth-order valence-corrected chi connectivity index (χ4v) is 2.53. The number of hydrogen-bond donors (Lipinski definition) is 3. The Labute approximate surface area is 145 Å². The number of aliphatic hydroxyl groups excluding tert-OH is 1. The van der Waals surface area contributed by atoms with Crippen molar-refractivity contribution in [2.45, 2.75) is 32.9 Å². The molecule has 0 aliphatic rings. The van der Waals surface area contributed by atoms with Gasteiger partial charge in [-0.2, -0.15) is 0 Å². The monoisotopic (exact) mass is 344 g/mol. The van der Waals surface area contributed by atoms with Gasteiger partial charge in [0.15, 0.2) is 0 Å². The van der Waals surface area contributed by atoms with Crippen molar-refractivity contribution in [3.8, 4) is 0 Å². The van der Waals surface area contributed by atoms with Crippen LogP contribution in [-0.2, 0) is 9.59 Å². The highest BCUT2D eigenvalue weighted by molar-refractivity contribution is 6.39. The van der Waals surface area contributed by atoms with Crippen molar-refractivity contribution in [3.05, 3.63) is 65.0 Å². The molecule has 0 saturated carbocycles. The molecule has 2 unspecified atom stereocenters. The molecule has 0 aliphatic carbocycles. The second kappa shape index (κ2) is 7.90. The Bertz CT molecular complexity index is 754. The Balaban J connectivity index is 1.97. The molecule has 132 valence electrons. The van der Waals surface area contributed by atoms with Gasteiger partial charge >= 0.3 is 11.8 Å². The molecule has 6 heteroatoms. The van der Waals surface area contributed by atoms with Crippen molar-refractivity contribution in [1.82, 2.24) is 5.32 Å². The van der Waals surface area contributed by atoms with Gasteiger partial charge in [-0.25, -0.2) is 4.39 Å². The third-order valence-corrected chi connectivity index (χ3v) is 3.73. The maximum atomic E-state index is 12.9. The lowest BCUT2D eigenvalue weighted by atomic mass is 10.0. The number of carbonyl (C=O) groups excluding carboxylic acids is 2. The molecule has 0 fully saturated rings. The number of anilines is 1. The van der Waals surface area contributed by atoms with Gasteiger partial charge < -0.3 is 15.7 Å². The number of carbonyl (C=O) groups is 2. The maximum absolute atomic E-state index is 12.9. The van der Waals surface area contributed by atoms with E-state index in [1.54, 1.807) is 19.1 Å². The van der Waals surface area contributed by atoms with E-state index >= 15 is 0 Å². The van der Waals surface area contributed by atoms with Crippen molar-refractivity contribution in [2.24, 2.45) is 0 Å². The lowest BCUT2D eigenvalue weighted by molar-refractivity contribution is -0.137. The molecule has 0 spiro atoms. The average molecular weight is 344 g/mol. The highest BCUT2D eigenvalue weighted by Crippen LogP contribution is 2.17. The summed E-state index contributed by atoms with van der Waals surface area (Å²) >= 11 is 0. The van der Waals surface area contributed by atoms with Crippen LogP contribution in [0.1, 0.15) is 29.7 Å². The van der Waals surface area contributed by atoms with Crippen LogP contribution < -0.4 is 10.6 Å². The van der Waals surface area contributed by atoms with Crippen LogP contribution in [0.25, 0.3) is 0 Å². The topological polar surface area (TPSA) is 78.4 Å². The van der Waals surface area contributed by atoms with E-state index in [1.165, 1.54) is 24.3 Å². The number of nitrogens with one attached hydrogen (secondary N) is 2. The van der Waals surface area contributed by atoms with Crippen molar-refractivity contribution in [3.63, 3.8) is 0 Å². The number of amides is 2. The van der Waals surface area contributed by atoms with E-state index in [0.717, 1.165) is 11.1 Å². The number of hydrogen-bond acceptors (Lipinski definition) is 3. The second-order valence-electron chi connectivity index (χ2n) is 6.09. The quantitative estimate of drug-likeness (QED) is 0.746. The summed E-state index contributed by atoms with van der Waals surface area (Å²) < 4.78 is 12.9. The summed E-state index contributed by atoms with van der Waals surface area (Å²) in [6.07, 6.45) is -1.06. The molecular formula is C19H21FN2O3. The van der Waals surface area contributed by atoms with Gasteiger partial charge in [-0.1, -0.05) is 18.2 Å². The van der Waals surface area contributed by atoms with Crippen molar-refractivity contribution >= 4 is 17.5 Å². The first kappa shape index (κ1) is 18.6. The first-order valence-corrected chi connectivity index (χ1v) is 7.90. The Hall–Kier alpha value is -2.73. The average Bonchev–Trinajstić information content (AvgIpc) is 2.53. The highest BCUT2D eigenvalue weighted by Gasteiger charge is 2.22. The van der Waals surface area contributed by atoms with Crippen LogP contribution >= 0.6 is 0 Å². The summed E-state index contributed by atoms with van der Waals surface area (Å²) in [6.45, 7) is 5.35. The molecule has 0 saturated heterocycles. The van der Waals surface area contributed by atoms with Gasteiger partial charge in [0.25, 0.3) is 0 Å². The highest BCUT2D eigenvalue weighted by atomic mass is 19.1. The standard InChI is InChI=1S/C19H21FN2O3/c1-11-8-12(2)10-16(9-11)22-19(25)18(24)21-13(3)17(23)14-4-6-15(20)7-5-14/h4-10,13,17,23H,1-3H3,(H,21,24)(H,22,25). The molecular weight excluding hydrogens is 323 g/mol. The molecule has 2 amide bonds. The summed E-state index contributed by atoms with van der Waals surface area (Å²) in [6, 6.07) is 10.1. The van der Waals surface area contributed by atoms with Crippen LogP contribution in [0.3, 0.4) is 0 Å². The Morgan fingerprint density at radius 3 is 2.12 bits per heavy atom. The molecule has 2 rings (SSSR count). The Morgan fingerprint density at radius 2 is 1.56 bits per heavy atom. The van der Waals surface area contributed by atoms with E-state index in [2.05, 4.69) is 10.6 Å². The van der Waals surface area contributed by atoms with E-state index in [9.17, 15) is 19.1 Å². The molecule has 0 bridgehead atoms. The van der Waals surface area contributed by atoms with Crippen LogP contribution in [-0.4, -0.2) is 23.0 Å². The summed E-state index contributed by atoms with van der Waals surface area (Å²) in [7, 11) is 0. The minimum Gasteiger partial charge on any atom is -0.386 e. The summed E-state index contributed by atoms with van der Waals surface area (Å²) in [5.41, 5.74) is 2.92. The lowest BCUT2D eigenvalue weighted by Gasteiger charge is -2.20.